The monoisotopic (exact) mass is 413 g/mol. The van der Waals surface area contributed by atoms with Crippen LogP contribution in [-0.4, -0.2) is 12.4 Å². The molecule has 0 aromatic heterocycles. The Morgan fingerprint density at radius 3 is 2.32 bits per heavy atom. The number of ether oxygens (including phenoxy) is 1. The molecule has 3 aromatic rings. The molecular formula is C23H21Cl2NO2. The first kappa shape index (κ1) is 20.2. The van der Waals surface area contributed by atoms with Gasteiger partial charge in [-0.3, -0.25) is 4.79 Å². The van der Waals surface area contributed by atoms with E-state index in [-0.39, 0.29) is 18.2 Å². The third-order valence-electron chi connectivity index (χ3n) is 4.34. The largest absolute Gasteiger partial charge is 0.494 e. The van der Waals surface area contributed by atoms with Gasteiger partial charge in [0.2, 0.25) is 0 Å². The van der Waals surface area contributed by atoms with Gasteiger partial charge in [0.15, 0.2) is 5.78 Å². The van der Waals surface area contributed by atoms with Crippen molar-refractivity contribution in [3.8, 4) is 5.75 Å². The van der Waals surface area contributed by atoms with Crippen LogP contribution in [0.4, 0.5) is 5.69 Å². The Hall–Kier alpha value is -2.49. The second kappa shape index (κ2) is 9.63. The van der Waals surface area contributed by atoms with Crippen molar-refractivity contribution in [1.82, 2.24) is 0 Å². The van der Waals surface area contributed by atoms with E-state index in [1.165, 1.54) is 0 Å². The molecule has 0 bridgehead atoms. The minimum Gasteiger partial charge on any atom is -0.494 e. The molecule has 3 aromatic carbocycles. The van der Waals surface area contributed by atoms with E-state index in [0.29, 0.717) is 22.2 Å². The molecule has 144 valence electrons. The van der Waals surface area contributed by atoms with E-state index in [0.717, 1.165) is 17.0 Å². The van der Waals surface area contributed by atoms with Crippen molar-refractivity contribution in [1.29, 1.82) is 0 Å². The summed E-state index contributed by atoms with van der Waals surface area (Å²) in [5, 5.41) is 4.38. The maximum Gasteiger partial charge on any atom is 0.165 e. The Kier molecular flexibility index (Phi) is 6.96. The molecule has 0 fully saturated rings. The average Bonchev–Trinajstić information content (AvgIpc) is 2.72. The molecule has 0 saturated carbocycles. The SMILES string of the molecule is CCOc1ccc(NC(CC(=O)c2ccccc2)c2ccc(Cl)c(Cl)c2)cc1. The Bertz CT molecular complexity index is 927. The van der Waals surface area contributed by atoms with Crippen LogP contribution in [0.25, 0.3) is 0 Å². The second-order valence-corrected chi connectivity index (χ2v) is 7.14. The summed E-state index contributed by atoms with van der Waals surface area (Å²) in [6.07, 6.45) is 0.287. The van der Waals surface area contributed by atoms with Crippen molar-refractivity contribution in [2.24, 2.45) is 0 Å². The molecule has 0 aliphatic carbocycles. The second-order valence-electron chi connectivity index (χ2n) is 6.32. The molecule has 0 saturated heterocycles. The zero-order chi connectivity index (χ0) is 19.9. The lowest BCUT2D eigenvalue weighted by atomic mass is 9.97. The number of carbonyl (C=O) groups excluding carboxylic acids is 1. The molecule has 0 radical (unpaired) electrons. The van der Waals surface area contributed by atoms with E-state index in [9.17, 15) is 4.79 Å². The van der Waals surface area contributed by atoms with Gasteiger partial charge in [-0.1, -0.05) is 59.6 Å². The number of rotatable bonds is 8. The van der Waals surface area contributed by atoms with Crippen molar-refractivity contribution >= 4 is 34.7 Å². The van der Waals surface area contributed by atoms with E-state index >= 15 is 0 Å². The molecule has 5 heteroatoms. The number of hydrogen-bond donors (Lipinski definition) is 1. The van der Waals surface area contributed by atoms with E-state index in [2.05, 4.69) is 5.32 Å². The van der Waals surface area contributed by atoms with Gasteiger partial charge in [0.05, 0.1) is 22.7 Å². The Labute approximate surface area is 175 Å². The maximum absolute atomic E-state index is 12.8. The van der Waals surface area contributed by atoms with Gasteiger partial charge in [-0.25, -0.2) is 0 Å². The molecule has 0 amide bonds. The van der Waals surface area contributed by atoms with Crippen LogP contribution in [0.15, 0.2) is 72.8 Å². The van der Waals surface area contributed by atoms with Crippen LogP contribution in [-0.2, 0) is 0 Å². The summed E-state index contributed by atoms with van der Waals surface area (Å²) in [5.41, 5.74) is 2.47. The fraction of sp³-hybridized carbons (Fsp3) is 0.174. The van der Waals surface area contributed by atoms with Crippen LogP contribution < -0.4 is 10.1 Å². The molecular weight excluding hydrogens is 393 g/mol. The van der Waals surface area contributed by atoms with Crippen molar-refractivity contribution in [2.45, 2.75) is 19.4 Å². The predicted molar refractivity (Wildman–Crippen MR) is 116 cm³/mol. The molecule has 3 rings (SSSR count). The van der Waals surface area contributed by atoms with Crippen molar-refractivity contribution < 1.29 is 9.53 Å². The maximum atomic E-state index is 12.8. The molecule has 0 heterocycles. The Morgan fingerprint density at radius 1 is 0.964 bits per heavy atom. The number of halogens is 2. The summed E-state index contributed by atoms with van der Waals surface area (Å²) in [6.45, 7) is 2.56. The highest BCUT2D eigenvalue weighted by atomic mass is 35.5. The Balaban J connectivity index is 1.85. The fourth-order valence-electron chi connectivity index (χ4n) is 2.92. The first-order valence-corrected chi connectivity index (χ1v) is 9.85. The van der Waals surface area contributed by atoms with Gasteiger partial charge in [0.25, 0.3) is 0 Å². The van der Waals surface area contributed by atoms with E-state index in [1.54, 1.807) is 12.1 Å². The molecule has 0 aliphatic heterocycles. The van der Waals surface area contributed by atoms with Crippen molar-refractivity contribution in [3.05, 3.63) is 94.0 Å². The number of anilines is 1. The van der Waals surface area contributed by atoms with Crippen molar-refractivity contribution in [3.63, 3.8) is 0 Å². The lowest BCUT2D eigenvalue weighted by Crippen LogP contribution is -2.16. The molecule has 0 spiro atoms. The normalized spacial score (nSPS) is 11.7. The lowest BCUT2D eigenvalue weighted by Gasteiger charge is -2.21. The first-order chi connectivity index (χ1) is 13.6. The fourth-order valence-corrected chi connectivity index (χ4v) is 3.23. The lowest BCUT2D eigenvalue weighted by molar-refractivity contribution is 0.0976. The van der Waals surface area contributed by atoms with E-state index in [1.807, 2.05) is 67.6 Å². The number of hydrogen-bond acceptors (Lipinski definition) is 3. The van der Waals surface area contributed by atoms with Gasteiger partial charge in [-0.2, -0.15) is 0 Å². The Morgan fingerprint density at radius 2 is 1.68 bits per heavy atom. The summed E-state index contributed by atoms with van der Waals surface area (Å²) in [7, 11) is 0. The van der Waals surface area contributed by atoms with Crippen LogP contribution in [0.1, 0.15) is 35.3 Å². The van der Waals surface area contributed by atoms with Gasteiger partial charge in [0.1, 0.15) is 5.75 Å². The zero-order valence-electron chi connectivity index (χ0n) is 15.5. The molecule has 28 heavy (non-hydrogen) atoms. The first-order valence-electron chi connectivity index (χ1n) is 9.09. The van der Waals surface area contributed by atoms with E-state index < -0.39 is 0 Å². The predicted octanol–water partition coefficient (Wildman–Crippen LogP) is 6.82. The molecule has 1 atom stereocenters. The molecule has 3 nitrogen and oxygen atoms in total. The summed E-state index contributed by atoms with van der Waals surface area (Å²) >= 11 is 12.3. The number of nitrogens with one attached hydrogen (secondary N) is 1. The minimum absolute atomic E-state index is 0.0510. The number of benzene rings is 3. The molecule has 0 aliphatic rings. The van der Waals surface area contributed by atoms with Gasteiger partial charge < -0.3 is 10.1 Å². The van der Waals surface area contributed by atoms with Crippen LogP contribution in [0.2, 0.25) is 10.0 Å². The number of ketones is 1. The molecule has 1 unspecified atom stereocenters. The quantitative estimate of drug-likeness (QED) is 0.411. The number of carbonyl (C=O) groups is 1. The van der Waals surface area contributed by atoms with Crippen LogP contribution in [0.5, 0.6) is 5.75 Å². The van der Waals surface area contributed by atoms with Crippen molar-refractivity contribution in [2.75, 3.05) is 11.9 Å². The number of Topliss-reactive ketones (excluding diaryl/α,β-unsaturated/α-hetero) is 1. The van der Waals surface area contributed by atoms with Gasteiger partial charge >= 0.3 is 0 Å². The smallest absolute Gasteiger partial charge is 0.165 e. The third kappa shape index (κ3) is 5.28. The standard InChI is InChI=1S/C23H21Cl2NO2/c1-2-28-19-11-9-18(10-12-19)26-22(17-8-13-20(24)21(25)14-17)15-23(27)16-6-4-3-5-7-16/h3-14,22,26H,2,15H2,1H3. The highest BCUT2D eigenvalue weighted by molar-refractivity contribution is 6.42. The summed E-state index contributed by atoms with van der Waals surface area (Å²) in [5.74, 6) is 0.856. The average molecular weight is 414 g/mol. The third-order valence-corrected chi connectivity index (χ3v) is 5.08. The summed E-state index contributed by atoms with van der Waals surface area (Å²) in [4.78, 5) is 12.8. The summed E-state index contributed by atoms with van der Waals surface area (Å²) in [6, 6.07) is 22.1. The van der Waals surface area contributed by atoms with Crippen LogP contribution in [0, 0.1) is 0 Å². The topological polar surface area (TPSA) is 38.3 Å². The highest BCUT2D eigenvalue weighted by Gasteiger charge is 2.18. The minimum atomic E-state index is -0.250. The zero-order valence-corrected chi connectivity index (χ0v) is 17.0. The van der Waals surface area contributed by atoms with Crippen LogP contribution >= 0.6 is 23.2 Å². The highest BCUT2D eigenvalue weighted by Crippen LogP contribution is 2.30. The van der Waals surface area contributed by atoms with Crippen LogP contribution in [0.3, 0.4) is 0 Å². The van der Waals surface area contributed by atoms with Gasteiger partial charge in [-0.15, -0.1) is 0 Å². The van der Waals surface area contributed by atoms with Gasteiger partial charge in [0, 0.05) is 17.7 Å². The molecule has 1 N–H and O–H groups in total. The van der Waals surface area contributed by atoms with E-state index in [4.69, 9.17) is 27.9 Å². The summed E-state index contributed by atoms with van der Waals surface area (Å²) < 4.78 is 5.49. The van der Waals surface area contributed by atoms with Gasteiger partial charge in [-0.05, 0) is 48.9 Å².